The van der Waals surface area contributed by atoms with Gasteiger partial charge in [0.1, 0.15) is 5.82 Å². The van der Waals surface area contributed by atoms with Gasteiger partial charge in [-0.3, -0.25) is 9.59 Å². The number of para-hydroxylation sites is 1. The van der Waals surface area contributed by atoms with Gasteiger partial charge in [0.05, 0.1) is 29.3 Å². The smallest absolute Gasteiger partial charge is 0.258 e. The van der Waals surface area contributed by atoms with Gasteiger partial charge in [-0.2, -0.15) is 5.10 Å². The zero-order chi connectivity index (χ0) is 22.5. The van der Waals surface area contributed by atoms with E-state index in [1.54, 1.807) is 40.1 Å². The van der Waals surface area contributed by atoms with E-state index in [-0.39, 0.29) is 18.0 Å². The number of nitrogens with one attached hydrogen (secondary N) is 1. The van der Waals surface area contributed by atoms with Crippen molar-refractivity contribution in [3.8, 4) is 5.69 Å². The van der Waals surface area contributed by atoms with E-state index >= 15 is 0 Å². The molecule has 0 saturated carbocycles. The van der Waals surface area contributed by atoms with Crippen molar-refractivity contribution in [1.29, 1.82) is 0 Å². The van der Waals surface area contributed by atoms with Gasteiger partial charge in [0.25, 0.3) is 5.56 Å². The summed E-state index contributed by atoms with van der Waals surface area (Å²) in [5.74, 6) is 0.241. The second-order valence-electron chi connectivity index (χ2n) is 7.32. The van der Waals surface area contributed by atoms with E-state index in [9.17, 15) is 9.59 Å². The average molecular weight is 448 g/mol. The molecular weight excluding hydrogens is 426 g/mol. The van der Waals surface area contributed by atoms with Crippen LogP contribution >= 0.6 is 11.6 Å². The van der Waals surface area contributed by atoms with Crippen LogP contribution in [0.15, 0.2) is 71.8 Å². The van der Waals surface area contributed by atoms with Gasteiger partial charge in [-0.05, 0) is 42.8 Å². The minimum Gasteiger partial charge on any atom is -0.332 e. The van der Waals surface area contributed by atoms with Crippen LogP contribution < -0.4 is 5.56 Å². The number of rotatable bonds is 7. The molecule has 0 fully saturated rings. The Morgan fingerprint density at radius 1 is 1.22 bits per heavy atom. The quantitative estimate of drug-likeness (QED) is 0.430. The lowest BCUT2D eigenvalue weighted by Gasteiger charge is -2.20. The highest BCUT2D eigenvalue weighted by Crippen LogP contribution is 2.15. The Hall–Kier alpha value is -3.71. The summed E-state index contributed by atoms with van der Waals surface area (Å²) in [5.41, 5.74) is 2.00. The monoisotopic (exact) mass is 447 g/mol. The molecule has 0 radical (unpaired) electrons. The van der Waals surface area contributed by atoms with E-state index < -0.39 is 0 Å². The number of amides is 1. The fourth-order valence-corrected chi connectivity index (χ4v) is 3.54. The SMILES string of the molecule is CCCN(Cc1nc2cc(Cl)ccc2c(=O)[nH]1)C(=O)/C=C/c1cnn(-c2ccccc2)c1. The van der Waals surface area contributed by atoms with Crippen molar-refractivity contribution in [3.05, 3.63) is 93.8 Å². The predicted octanol–water partition coefficient (Wildman–Crippen LogP) is 4.21. The maximum atomic E-state index is 12.9. The normalized spacial score (nSPS) is 11.3. The summed E-state index contributed by atoms with van der Waals surface area (Å²) in [6.45, 7) is 2.71. The summed E-state index contributed by atoms with van der Waals surface area (Å²) in [6, 6.07) is 14.7. The van der Waals surface area contributed by atoms with Crippen LogP contribution in [0.5, 0.6) is 0 Å². The number of H-pyrrole nitrogens is 1. The minimum absolute atomic E-state index is 0.173. The van der Waals surface area contributed by atoms with Gasteiger partial charge in [-0.25, -0.2) is 9.67 Å². The van der Waals surface area contributed by atoms with Crippen LogP contribution in [0.1, 0.15) is 24.7 Å². The van der Waals surface area contributed by atoms with E-state index in [0.29, 0.717) is 28.3 Å². The predicted molar refractivity (Wildman–Crippen MR) is 126 cm³/mol. The first-order chi connectivity index (χ1) is 15.5. The molecule has 0 bridgehead atoms. The minimum atomic E-state index is -0.255. The largest absolute Gasteiger partial charge is 0.332 e. The maximum Gasteiger partial charge on any atom is 0.258 e. The van der Waals surface area contributed by atoms with Crippen molar-refractivity contribution in [1.82, 2.24) is 24.6 Å². The van der Waals surface area contributed by atoms with Gasteiger partial charge in [0.15, 0.2) is 0 Å². The zero-order valence-corrected chi connectivity index (χ0v) is 18.3. The number of aromatic nitrogens is 4. The highest BCUT2D eigenvalue weighted by Gasteiger charge is 2.13. The van der Waals surface area contributed by atoms with Crippen molar-refractivity contribution < 1.29 is 4.79 Å². The molecule has 1 N–H and O–H groups in total. The Labute approximate surface area is 190 Å². The summed E-state index contributed by atoms with van der Waals surface area (Å²) in [5, 5.41) is 5.30. The van der Waals surface area contributed by atoms with Crippen molar-refractivity contribution >= 4 is 34.5 Å². The van der Waals surface area contributed by atoms with Crippen molar-refractivity contribution in [2.75, 3.05) is 6.54 Å². The van der Waals surface area contributed by atoms with Crippen LogP contribution in [-0.4, -0.2) is 37.1 Å². The first-order valence-electron chi connectivity index (χ1n) is 10.3. The summed E-state index contributed by atoms with van der Waals surface area (Å²) in [7, 11) is 0. The van der Waals surface area contributed by atoms with E-state index in [0.717, 1.165) is 17.7 Å². The molecule has 2 aromatic heterocycles. The third-order valence-electron chi connectivity index (χ3n) is 4.91. The number of aromatic amines is 1. The van der Waals surface area contributed by atoms with E-state index in [1.807, 2.05) is 43.5 Å². The van der Waals surface area contributed by atoms with E-state index in [4.69, 9.17) is 11.6 Å². The third kappa shape index (κ3) is 4.95. The molecule has 0 atom stereocenters. The lowest BCUT2D eigenvalue weighted by Crippen LogP contribution is -2.31. The van der Waals surface area contributed by atoms with Crippen molar-refractivity contribution in [2.24, 2.45) is 0 Å². The topological polar surface area (TPSA) is 83.9 Å². The molecule has 4 rings (SSSR count). The Bertz CT molecular complexity index is 1330. The fraction of sp³-hybridized carbons (Fsp3) is 0.167. The highest BCUT2D eigenvalue weighted by atomic mass is 35.5. The van der Waals surface area contributed by atoms with Crippen LogP contribution in [0, 0.1) is 0 Å². The molecule has 7 nitrogen and oxygen atoms in total. The number of benzene rings is 2. The van der Waals surface area contributed by atoms with Crippen LogP contribution in [0.25, 0.3) is 22.7 Å². The molecule has 2 aromatic carbocycles. The molecule has 2 heterocycles. The van der Waals surface area contributed by atoms with Gasteiger partial charge in [0.2, 0.25) is 5.91 Å². The molecule has 0 spiro atoms. The molecule has 0 aliphatic rings. The summed E-state index contributed by atoms with van der Waals surface area (Å²) >= 11 is 6.04. The molecule has 0 unspecified atom stereocenters. The third-order valence-corrected chi connectivity index (χ3v) is 5.14. The highest BCUT2D eigenvalue weighted by molar-refractivity contribution is 6.31. The fourth-order valence-electron chi connectivity index (χ4n) is 3.37. The number of carbonyl (C=O) groups excluding carboxylic acids is 1. The molecular formula is C24H22ClN5O2. The zero-order valence-electron chi connectivity index (χ0n) is 17.5. The number of nitrogens with zero attached hydrogens (tertiary/aromatic N) is 4. The van der Waals surface area contributed by atoms with Crippen LogP contribution in [0.4, 0.5) is 0 Å². The summed E-state index contributed by atoms with van der Waals surface area (Å²) in [4.78, 5) is 34.1. The van der Waals surface area contributed by atoms with Gasteiger partial charge in [-0.1, -0.05) is 36.7 Å². The molecule has 162 valence electrons. The van der Waals surface area contributed by atoms with Crippen LogP contribution in [-0.2, 0) is 11.3 Å². The Morgan fingerprint density at radius 3 is 2.81 bits per heavy atom. The lowest BCUT2D eigenvalue weighted by atomic mass is 10.2. The van der Waals surface area contributed by atoms with Crippen molar-refractivity contribution in [2.45, 2.75) is 19.9 Å². The number of fused-ring (bicyclic) bond motifs is 1. The van der Waals surface area contributed by atoms with Crippen LogP contribution in [0.2, 0.25) is 5.02 Å². The average Bonchev–Trinajstić information content (AvgIpc) is 3.26. The molecule has 0 aliphatic heterocycles. The number of hydrogen-bond acceptors (Lipinski definition) is 4. The second kappa shape index (κ2) is 9.62. The number of hydrogen-bond donors (Lipinski definition) is 1. The molecule has 4 aromatic rings. The first-order valence-corrected chi connectivity index (χ1v) is 10.7. The first kappa shape index (κ1) is 21.5. The van der Waals surface area contributed by atoms with Crippen molar-refractivity contribution in [3.63, 3.8) is 0 Å². The van der Waals surface area contributed by atoms with Crippen LogP contribution in [0.3, 0.4) is 0 Å². The molecule has 0 saturated heterocycles. The van der Waals surface area contributed by atoms with E-state index in [1.165, 1.54) is 6.08 Å². The van der Waals surface area contributed by atoms with Gasteiger partial charge < -0.3 is 9.88 Å². The summed E-state index contributed by atoms with van der Waals surface area (Å²) < 4.78 is 1.75. The molecule has 1 amide bonds. The lowest BCUT2D eigenvalue weighted by molar-refractivity contribution is -0.126. The Balaban J connectivity index is 1.51. The van der Waals surface area contributed by atoms with Gasteiger partial charge in [-0.15, -0.1) is 0 Å². The Kier molecular flexibility index (Phi) is 6.47. The molecule has 8 heteroatoms. The van der Waals surface area contributed by atoms with E-state index in [2.05, 4.69) is 15.1 Å². The van der Waals surface area contributed by atoms with Gasteiger partial charge in [0, 0.05) is 29.4 Å². The second-order valence-corrected chi connectivity index (χ2v) is 7.76. The maximum absolute atomic E-state index is 12.9. The van der Waals surface area contributed by atoms with Gasteiger partial charge >= 0.3 is 0 Å². The standard InChI is InChI=1S/C24H22ClN5O2/c1-2-12-29(16-22-27-21-13-18(25)9-10-20(21)24(32)28-22)23(31)11-8-17-14-26-30(15-17)19-6-4-3-5-7-19/h3-11,13-15H,2,12,16H2,1H3,(H,27,28,32)/b11-8+. The molecule has 32 heavy (non-hydrogen) atoms. The number of carbonyl (C=O) groups is 1. The Morgan fingerprint density at radius 2 is 2.03 bits per heavy atom. The molecule has 0 aliphatic carbocycles. The summed E-state index contributed by atoms with van der Waals surface area (Å²) in [6.07, 6.45) is 7.57. The number of halogens is 1.